The summed E-state index contributed by atoms with van der Waals surface area (Å²) in [5.41, 5.74) is 0.812. The van der Waals surface area contributed by atoms with Crippen LogP contribution in [0.2, 0.25) is 0 Å². The summed E-state index contributed by atoms with van der Waals surface area (Å²) in [5.74, 6) is 0.749. The van der Waals surface area contributed by atoms with Gasteiger partial charge in [-0.05, 0) is 70.8 Å². The third-order valence-corrected chi connectivity index (χ3v) is 6.85. The summed E-state index contributed by atoms with van der Waals surface area (Å²) in [6, 6.07) is 8.31. The minimum absolute atomic E-state index is 0.0232. The van der Waals surface area contributed by atoms with Crippen molar-refractivity contribution in [2.75, 3.05) is 85.4 Å². The van der Waals surface area contributed by atoms with Gasteiger partial charge in [-0.2, -0.15) is 0 Å². The van der Waals surface area contributed by atoms with Crippen LogP contribution in [-0.2, 0) is 25.5 Å². The highest BCUT2D eigenvalue weighted by Crippen LogP contribution is 2.18. The van der Waals surface area contributed by atoms with Crippen LogP contribution in [0.5, 0.6) is 5.75 Å². The van der Waals surface area contributed by atoms with Crippen LogP contribution in [0.1, 0.15) is 52.0 Å². The van der Waals surface area contributed by atoms with Gasteiger partial charge in [-0.25, -0.2) is 4.79 Å². The second kappa shape index (κ2) is 17.4. The van der Waals surface area contributed by atoms with Crippen molar-refractivity contribution >= 4 is 12.0 Å². The maximum absolute atomic E-state index is 12.1. The van der Waals surface area contributed by atoms with Gasteiger partial charge in [0.25, 0.3) is 0 Å². The Morgan fingerprint density at radius 1 is 0.875 bits per heavy atom. The second-order valence-corrected chi connectivity index (χ2v) is 11.5. The number of carbonyl (C=O) groups excluding carboxylic acids is 2. The quantitative estimate of drug-likeness (QED) is 0.326. The molecule has 1 aromatic rings. The highest BCUT2D eigenvalue weighted by molar-refractivity contribution is 5.77. The standard InChI is InChI=1S/C30H50N4O6/c1-30(2,3)40-29(36)34-16-14-32(15-17-34)18-20-37-21-22-38-25-28(35)31-11-8-19-39-27-10-7-9-26(23-27)24-33-12-5-4-6-13-33/h7,9-10,23H,4-6,8,11-22,24-25H2,1-3H3,(H,31,35). The molecule has 2 amide bonds. The van der Waals surface area contributed by atoms with Gasteiger partial charge in [0.1, 0.15) is 18.0 Å². The predicted molar refractivity (Wildman–Crippen MR) is 155 cm³/mol. The van der Waals surface area contributed by atoms with E-state index in [0.29, 0.717) is 46.1 Å². The van der Waals surface area contributed by atoms with Crippen LogP contribution >= 0.6 is 0 Å². The third kappa shape index (κ3) is 13.3. The number of piperazine rings is 1. The molecule has 0 aliphatic carbocycles. The Balaban J connectivity index is 1.12. The van der Waals surface area contributed by atoms with Gasteiger partial charge in [-0.1, -0.05) is 18.6 Å². The van der Waals surface area contributed by atoms with Gasteiger partial charge in [-0.3, -0.25) is 14.6 Å². The lowest BCUT2D eigenvalue weighted by Gasteiger charge is -2.35. The van der Waals surface area contributed by atoms with Crippen molar-refractivity contribution in [3.05, 3.63) is 29.8 Å². The van der Waals surface area contributed by atoms with Crippen LogP contribution in [0.25, 0.3) is 0 Å². The number of nitrogens with one attached hydrogen (secondary N) is 1. The second-order valence-electron chi connectivity index (χ2n) is 11.5. The minimum atomic E-state index is -0.473. The van der Waals surface area contributed by atoms with Crippen molar-refractivity contribution in [1.82, 2.24) is 20.0 Å². The van der Waals surface area contributed by atoms with E-state index in [1.807, 2.05) is 32.9 Å². The molecule has 226 valence electrons. The zero-order chi connectivity index (χ0) is 28.6. The molecule has 0 aromatic heterocycles. The van der Waals surface area contributed by atoms with Crippen molar-refractivity contribution in [3.8, 4) is 5.75 Å². The van der Waals surface area contributed by atoms with Gasteiger partial charge >= 0.3 is 6.09 Å². The van der Waals surface area contributed by atoms with Crippen molar-refractivity contribution in [2.45, 2.75) is 58.6 Å². The molecule has 2 saturated heterocycles. The van der Waals surface area contributed by atoms with Crippen LogP contribution in [0.4, 0.5) is 4.79 Å². The van der Waals surface area contributed by atoms with E-state index in [2.05, 4.69) is 27.2 Å². The van der Waals surface area contributed by atoms with Crippen LogP contribution in [0.3, 0.4) is 0 Å². The first-order valence-corrected chi connectivity index (χ1v) is 14.8. The van der Waals surface area contributed by atoms with E-state index in [4.69, 9.17) is 18.9 Å². The monoisotopic (exact) mass is 562 g/mol. The Bertz CT molecular complexity index is 879. The molecule has 0 unspecified atom stereocenters. The molecule has 10 heteroatoms. The first-order chi connectivity index (χ1) is 19.3. The van der Waals surface area contributed by atoms with Crippen LogP contribution in [0, 0.1) is 0 Å². The van der Waals surface area contributed by atoms with Gasteiger partial charge in [0.15, 0.2) is 0 Å². The zero-order valence-electron chi connectivity index (χ0n) is 24.8. The highest BCUT2D eigenvalue weighted by atomic mass is 16.6. The fraction of sp³-hybridized carbons (Fsp3) is 0.733. The van der Waals surface area contributed by atoms with Crippen molar-refractivity contribution in [3.63, 3.8) is 0 Å². The molecule has 0 spiro atoms. The van der Waals surface area contributed by atoms with Gasteiger partial charge in [-0.15, -0.1) is 0 Å². The average molecular weight is 563 g/mol. The smallest absolute Gasteiger partial charge is 0.410 e. The summed E-state index contributed by atoms with van der Waals surface area (Å²) < 4.78 is 22.4. The third-order valence-electron chi connectivity index (χ3n) is 6.85. The van der Waals surface area contributed by atoms with Crippen LogP contribution in [-0.4, -0.2) is 118 Å². The summed E-state index contributed by atoms with van der Waals surface area (Å²) >= 11 is 0. The summed E-state index contributed by atoms with van der Waals surface area (Å²) in [6.07, 6.45) is 4.41. The molecule has 1 aromatic carbocycles. The molecule has 0 radical (unpaired) electrons. The summed E-state index contributed by atoms with van der Waals surface area (Å²) in [6.45, 7) is 15.2. The van der Waals surface area contributed by atoms with Crippen molar-refractivity contribution < 1.29 is 28.5 Å². The predicted octanol–water partition coefficient (Wildman–Crippen LogP) is 3.14. The summed E-state index contributed by atoms with van der Waals surface area (Å²) in [7, 11) is 0. The summed E-state index contributed by atoms with van der Waals surface area (Å²) in [4.78, 5) is 30.7. The van der Waals surface area contributed by atoms with E-state index in [9.17, 15) is 9.59 Å². The average Bonchev–Trinajstić information content (AvgIpc) is 2.92. The number of nitrogens with zero attached hydrogens (tertiary/aromatic N) is 3. The SMILES string of the molecule is CC(C)(C)OC(=O)N1CCN(CCOCCOCC(=O)NCCCOc2cccc(CN3CCCCC3)c2)CC1. The Hall–Kier alpha value is -2.40. The molecular formula is C30H50N4O6. The molecule has 2 aliphatic heterocycles. The van der Waals surface area contributed by atoms with Gasteiger partial charge in [0, 0.05) is 45.8 Å². The molecule has 2 aliphatic rings. The normalized spacial score (nSPS) is 17.0. The van der Waals surface area contributed by atoms with E-state index in [1.54, 1.807) is 4.90 Å². The molecule has 0 atom stereocenters. The van der Waals surface area contributed by atoms with Gasteiger partial charge in [0.05, 0.1) is 26.4 Å². The van der Waals surface area contributed by atoms with E-state index in [0.717, 1.165) is 38.3 Å². The number of piperidine rings is 1. The first kappa shape index (κ1) is 32.1. The number of hydrogen-bond donors (Lipinski definition) is 1. The number of carbonyl (C=O) groups is 2. The lowest BCUT2D eigenvalue weighted by molar-refractivity contribution is -0.126. The zero-order valence-corrected chi connectivity index (χ0v) is 24.8. The van der Waals surface area contributed by atoms with Crippen LogP contribution in [0.15, 0.2) is 24.3 Å². The Morgan fingerprint density at radius 2 is 1.62 bits per heavy atom. The van der Waals surface area contributed by atoms with E-state index >= 15 is 0 Å². The summed E-state index contributed by atoms with van der Waals surface area (Å²) in [5, 5.41) is 2.87. The minimum Gasteiger partial charge on any atom is -0.494 e. The molecule has 10 nitrogen and oxygen atoms in total. The molecule has 0 saturated carbocycles. The van der Waals surface area contributed by atoms with E-state index in [1.165, 1.54) is 37.9 Å². The van der Waals surface area contributed by atoms with Crippen molar-refractivity contribution in [1.29, 1.82) is 0 Å². The number of hydrogen-bond acceptors (Lipinski definition) is 8. The molecule has 2 heterocycles. The number of amides is 2. The largest absolute Gasteiger partial charge is 0.494 e. The first-order valence-electron chi connectivity index (χ1n) is 14.8. The van der Waals surface area contributed by atoms with E-state index in [-0.39, 0.29) is 18.6 Å². The van der Waals surface area contributed by atoms with E-state index < -0.39 is 5.60 Å². The Kier molecular flexibility index (Phi) is 14.0. The fourth-order valence-corrected chi connectivity index (χ4v) is 4.71. The molecule has 1 N–H and O–H groups in total. The molecule has 0 bridgehead atoms. The highest BCUT2D eigenvalue weighted by Gasteiger charge is 2.25. The van der Waals surface area contributed by atoms with Crippen LogP contribution < -0.4 is 10.1 Å². The fourth-order valence-electron chi connectivity index (χ4n) is 4.71. The number of likely N-dealkylation sites (tertiary alicyclic amines) is 1. The Labute approximate surface area is 240 Å². The van der Waals surface area contributed by atoms with Crippen molar-refractivity contribution in [2.24, 2.45) is 0 Å². The lowest BCUT2D eigenvalue weighted by Crippen LogP contribution is -2.50. The maximum atomic E-state index is 12.1. The van der Waals surface area contributed by atoms with Gasteiger partial charge < -0.3 is 29.2 Å². The molecule has 40 heavy (non-hydrogen) atoms. The number of rotatable bonds is 15. The van der Waals surface area contributed by atoms with Gasteiger partial charge in [0.2, 0.25) is 5.91 Å². The lowest BCUT2D eigenvalue weighted by atomic mass is 10.1. The Morgan fingerprint density at radius 3 is 2.38 bits per heavy atom. The number of benzene rings is 1. The molecular weight excluding hydrogens is 512 g/mol. The molecule has 2 fully saturated rings. The molecule has 3 rings (SSSR count). The number of ether oxygens (including phenoxy) is 4. The topological polar surface area (TPSA) is 92.8 Å². The maximum Gasteiger partial charge on any atom is 0.410 e.